The molecule has 0 bridgehead atoms. The first-order valence-corrected chi connectivity index (χ1v) is 9.52. The molecule has 6 heteroatoms. The Bertz CT molecular complexity index is 950. The SMILES string of the molecule is CC(=O)NC[C@H]1CCCN(c2cc(-c3ccccc3)nc3cc(C)nn23)C1. The van der Waals surface area contributed by atoms with E-state index in [0.29, 0.717) is 5.92 Å². The fraction of sp³-hybridized carbons (Fsp3) is 0.381. The number of fused-ring (bicyclic) bond motifs is 1. The van der Waals surface area contributed by atoms with Crippen LogP contribution in [0, 0.1) is 12.8 Å². The molecule has 2 aromatic heterocycles. The number of nitrogens with one attached hydrogen (secondary N) is 1. The van der Waals surface area contributed by atoms with Crippen LogP contribution in [0.25, 0.3) is 16.9 Å². The van der Waals surface area contributed by atoms with Gasteiger partial charge in [-0.2, -0.15) is 9.61 Å². The average Bonchev–Trinajstić information content (AvgIpc) is 3.06. The number of nitrogens with zero attached hydrogens (tertiary/aromatic N) is 4. The lowest BCUT2D eigenvalue weighted by Gasteiger charge is -2.34. The maximum Gasteiger partial charge on any atom is 0.216 e. The lowest BCUT2D eigenvalue weighted by Crippen LogP contribution is -2.41. The molecule has 1 aliphatic rings. The molecule has 1 aliphatic heterocycles. The highest BCUT2D eigenvalue weighted by Crippen LogP contribution is 2.28. The van der Waals surface area contributed by atoms with Crippen LogP contribution < -0.4 is 10.2 Å². The van der Waals surface area contributed by atoms with E-state index in [4.69, 9.17) is 4.98 Å². The van der Waals surface area contributed by atoms with Gasteiger partial charge in [-0.05, 0) is 25.7 Å². The highest BCUT2D eigenvalue weighted by atomic mass is 16.1. The minimum Gasteiger partial charge on any atom is -0.356 e. The van der Waals surface area contributed by atoms with Gasteiger partial charge in [-0.3, -0.25) is 4.79 Å². The number of piperidine rings is 1. The van der Waals surface area contributed by atoms with Crippen LogP contribution in [-0.2, 0) is 4.79 Å². The molecular formula is C21H25N5O. The zero-order valence-corrected chi connectivity index (χ0v) is 15.9. The Balaban J connectivity index is 1.70. The summed E-state index contributed by atoms with van der Waals surface area (Å²) in [6.45, 7) is 6.20. The largest absolute Gasteiger partial charge is 0.356 e. The maximum atomic E-state index is 11.3. The van der Waals surface area contributed by atoms with Crippen LogP contribution in [-0.4, -0.2) is 40.1 Å². The Morgan fingerprint density at radius 3 is 2.85 bits per heavy atom. The van der Waals surface area contributed by atoms with Gasteiger partial charge in [-0.15, -0.1) is 0 Å². The van der Waals surface area contributed by atoms with Crippen molar-refractivity contribution in [2.75, 3.05) is 24.5 Å². The average molecular weight is 363 g/mol. The molecule has 0 aliphatic carbocycles. The van der Waals surface area contributed by atoms with Gasteiger partial charge >= 0.3 is 0 Å². The molecular weight excluding hydrogens is 338 g/mol. The zero-order chi connectivity index (χ0) is 18.8. The Kier molecular flexibility index (Phi) is 4.79. The second-order valence-corrected chi connectivity index (χ2v) is 7.31. The van der Waals surface area contributed by atoms with Gasteiger partial charge in [0, 0.05) is 44.3 Å². The van der Waals surface area contributed by atoms with E-state index in [1.54, 1.807) is 6.92 Å². The van der Waals surface area contributed by atoms with Crippen molar-refractivity contribution in [3.8, 4) is 11.3 Å². The van der Waals surface area contributed by atoms with Crippen LogP contribution in [0.1, 0.15) is 25.5 Å². The van der Waals surface area contributed by atoms with E-state index in [0.717, 1.165) is 60.9 Å². The first kappa shape index (κ1) is 17.5. The van der Waals surface area contributed by atoms with E-state index in [9.17, 15) is 4.79 Å². The summed E-state index contributed by atoms with van der Waals surface area (Å²) in [5.74, 6) is 1.55. The second kappa shape index (κ2) is 7.39. The molecule has 3 heterocycles. The molecule has 0 radical (unpaired) electrons. The zero-order valence-electron chi connectivity index (χ0n) is 15.9. The number of aryl methyl sites for hydroxylation is 1. The van der Waals surface area contributed by atoms with Crippen molar-refractivity contribution in [3.05, 3.63) is 48.2 Å². The van der Waals surface area contributed by atoms with Crippen LogP contribution in [0.4, 0.5) is 5.82 Å². The summed E-state index contributed by atoms with van der Waals surface area (Å²) in [4.78, 5) is 18.5. The molecule has 1 N–H and O–H groups in total. The summed E-state index contributed by atoms with van der Waals surface area (Å²) in [6, 6.07) is 14.4. The molecule has 0 saturated carbocycles. The van der Waals surface area contributed by atoms with Gasteiger partial charge in [0.15, 0.2) is 5.65 Å². The Labute approximate surface area is 159 Å². The standard InChI is InChI=1S/C21H25N5O/c1-15-11-20-23-19(18-8-4-3-5-9-18)12-21(26(20)24-15)25-10-6-7-17(14-25)13-22-16(2)27/h3-5,8-9,11-12,17H,6-7,10,13-14H2,1-2H3,(H,22,27)/t17-/m1/s1. The van der Waals surface area contributed by atoms with Crippen molar-refractivity contribution in [2.45, 2.75) is 26.7 Å². The first-order chi connectivity index (χ1) is 13.1. The van der Waals surface area contributed by atoms with E-state index in [1.165, 1.54) is 0 Å². The normalized spacial score (nSPS) is 17.3. The topological polar surface area (TPSA) is 62.5 Å². The van der Waals surface area contributed by atoms with Gasteiger partial charge in [0.2, 0.25) is 5.91 Å². The predicted octanol–water partition coefficient (Wildman–Crippen LogP) is 3.06. The van der Waals surface area contributed by atoms with Gasteiger partial charge in [0.05, 0.1) is 11.4 Å². The molecule has 1 saturated heterocycles. The number of hydrogen-bond acceptors (Lipinski definition) is 4. The Hall–Kier alpha value is -2.89. The molecule has 1 fully saturated rings. The van der Waals surface area contributed by atoms with Crippen LogP contribution in [0.2, 0.25) is 0 Å². The number of carbonyl (C=O) groups excluding carboxylic acids is 1. The molecule has 0 unspecified atom stereocenters. The van der Waals surface area contributed by atoms with Crippen LogP contribution >= 0.6 is 0 Å². The minimum absolute atomic E-state index is 0.0347. The third kappa shape index (κ3) is 3.79. The van der Waals surface area contributed by atoms with Gasteiger partial charge in [0.25, 0.3) is 0 Å². The van der Waals surface area contributed by atoms with Crippen molar-refractivity contribution in [2.24, 2.45) is 5.92 Å². The molecule has 140 valence electrons. The van der Waals surface area contributed by atoms with Crippen LogP contribution in [0.3, 0.4) is 0 Å². The van der Waals surface area contributed by atoms with Crippen molar-refractivity contribution in [3.63, 3.8) is 0 Å². The lowest BCUT2D eigenvalue weighted by atomic mass is 9.98. The number of aromatic nitrogens is 3. The highest BCUT2D eigenvalue weighted by Gasteiger charge is 2.23. The van der Waals surface area contributed by atoms with Gasteiger partial charge in [-0.25, -0.2) is 4.98 Å². The summed E-state index contributed by atoms with van der Waals surface area (Å²) < 4.78 is 1.95. The van der Waals surface area contributed by atoms with Crippen LogP contribution in [0.15, 0.2) is 42.5 Å². The second-order valence-electron chi connectivity index (χ2n) is 7.31. The summed E-state index contributed by atoms with van der Waals surface area (Å²) in [5.41, 5.74) is 3.89. The number of benzene rings is 1. The van der Waals surface area contributed by atoms with Crippen molar-refractivity contribution < 1.29 is 4.79 Å². The number of carbonyl (C=O) groups is 1. The number of amides is 1. The molecule has 1 atom stereocenters. The molecule has 4 rings (SSSR count). The molecule has 0 spiro atoms. The van der Waals surface area contributed by atoms with E-state index in [1.807, 2.05) is 35.7 Å². The molecule has 1 aromatic carbocycles. The number of hydrogen-bond donors (Lipinski definition) is 1. The Morgan fingerprint density at radius 2 is 2.07 bits per heavy atom. The fourth-order valence-corrected chi connectivity index (χ4v) is 3.78. The molecule has 27 heavy (non-hydrogen) atoms. The molecule has 3 aromatic rings. The van der Waals surface area contributed by atoms with Crippen LogP contribution in [0.5, 0.6) is 0 Å². The predicted molar refractivity (Wildman–Crippen MR) is 107 cm³/mol. The molecule has 6 nitrogen and oxygen atoms in total. The Morgan fingerprint density at radius 1 is 1.26 bits per heavy atom. The summed E-state index contributed by atoms with van der Waals surface area (Å²) in [5, 5.41) is 7.63. The summed E-state index contributed by atoms with van der Waals surface area (Å²) >= 11 is 0. The van der Waals surface area contributed by atoms with E-state index >= 15 is 0 Å². The van der Waals surface area contributed by atoms with Crippen molar-refractivity contribution >= 4 is 17.4 Å². The molecule has 1 amide bonds. The first-order valence-electron chi connectivity index (χ1n) is 9.52. The minimum atomic E-state index is 0.0347. The van der Waals surface area contributed by atoms with Gasteiger partial charge in [-0.1, -0.05) is 30.3 Å². The van der Waals surface area contributed by atoms with Crippen molar-refractivity contribution in [1.29, 1.82) is 0 Å². The van der Waals surface area contributed by atoms with E-state index in [-0.39, 0.29) is 5.91 Å². The lowest BCUT2D eigenvalue weighted by molar-refractivity contribution is -0.119. The third-order valence-corrected chi connectivity index (χ3v) is 5.08. The monoisotopic (exact) mass is 363 g/mol. The quantitative estimate of drug-likeness (QED) is 0.774. The van der Waals surface area contributed by atoms with Gasteiger partial charge in [0.1, 0.15) is 5.82 Å². The van der Waals surface area contributed by atoms with Crippen molar-refractivity contribution in [1.82, 2.24) is 19.9 Å². The highest BCUT2D eigenvalue weighted by molar-refractivity contribution is 5.72. The smallest absolute Gasteiger partial charge is 0.216 e. The van der Waals surface area contributed by atoms with E-state index in [2.05, 4.69) is 33.5 Å². The fourth-order valence-electron chi connectivity index (χ4n) is 3.78. The third-order valence-electron chi connectivity index (χ3n) is 5.08. The summed E-state index contributed by atoms with van der Waals surface area (Å²) in [7, 11) is 0. The maximum absolute atomic E-state index is 11.3. The van der Waals surface area contributed by atoms with Gasteiger partial charge < -0.3 is 10.2 Å². The number of anilines is 1. The number of rotatable bonds is 4. The summed E-state index contributed by atoms with van der Waals surface area (Å²) in [6.07, 6.45) is 2.24. The van der Waals surface area contributed by atoms with E-state index < -0.39 is 0 Å².